The van der Waals surface area contributed by atoms with E-state index in [1.165, 1.54) is 0 Å². The van der Waals surface area contributed by atoms with Gasteiger partial charge < -0.3 is 15.2 Å². The zero-order valence-corrected chi connectivity index (χ0v) is 13.5. The SMILES string of the molecule is Cc1cccc(C)c1OCCC(=O)NC(CCO)C(C)C. The Balaban J connectivity index is 2.43. The molecule has 0 aromatic heterocycles. The molecule has 0 spiro atoms. The van der Waals surface area contributed by atoms with Crippen molar-refractivity contribution >= 4 is 5.91 Å². The molecule has 118 valence electrons. The molecule has 1 aromatic rings. The molecule has 4 nitrogen and oxygen atoms in total. The van der Waals surface area contributed by atoms with E-state index in [0.29, 0.717) is 25.4 Å². The third-order valence-electron chi connectivity index (χ3n) is 3.58. The Morgan fingerprint density at radius 1 is 1.29 bits per heavy atom. The van der Waals surface area contributed by atoms with Gasteiger partial charge in [0.25, 0.3) is 0 Å². The van der Waals surface area contributed by atoms with Crippen LogP contribution in [0.25, 0.3) is 0 Å². The largest absolute Gasteiger partial charge is 0.493 e. The first-order valence-electron chi connectivity index (χ1n) is 7.55. The first-order chi connectivity index (χ1) is 9.95. The molecule has 2 N–H and O–H groups in total. The Morgan fingerprint density at radius 3 is 2.43 bits per heavy atom. The summed E-state index contributed by atoms with van der Waals surface area (Å²) in [6.07, 6.45) is 0.906. The van der Waals surface area contributed by atoms with Crippen LogP contribution >= 0.6 is 0 Å². The fourth-order valence-electron chi connectivity index (χ4n) is 2.26. The number of carbonyl (C=O) groups excluding carboxylic acids is 1. The van der Waals surface area contributed by atoms with Gasteiger partial charge in [0.1, 0.15) is 5.75 Å². The molecule has 1 atom stereocenters. The quantitative estimate of drug-likeness (QED) is 0.774. The maximum absolute atomic E-state index is 11.9. The summed E-state index contributed by atoms with van der Waals surface area (Å²) in [7, 11) is 0. The number of carbonyl (C=O) groups is 1. The van der Waals surface area contributed by atoms with Crippen molar-refractivity contribution in [1.82, 2.24) is 5.32 Å². The van der Waals surface area contributed by atoms with Gasteiger partial charge in [-0.2, -0.15) is 0 Å². The number of aliphatic hydroxyl groups is 1. The van der Waals surface area contributed by atoms with Gasteiger partial charge in [-0.15, -0.1) is 0 Å². The van der Waals surface area contributed by atoms with Crippen LogP contribution in [-0.4, -0.2) is 30.3 Å². The number of nitrogens with one attached hydrogen (secondary N) is 1. The molecule has 1 aromatic carbocycles. The molecular weight excluding hydrogens is 266 g/mol. The second-order valence-electron chi connectivity index (χ2n) is 5.75. The molecule has 1 unspecified atom stereocenters. The van der Waals surface area contributed by atoms with Crippen molar-refractivity contribution in [2.75, 3.05) is 13.2 Å². The molecule has 0 radical (unpaired) electrons. The van der Waals surface area contributed by atoms with E-state index in [0.717, 1.165) is 16.9 Å². The minimum atomic E-state index is -0.0339. The minimum Gasteiger partial charge on any atom is -0.493 e. The van der Waals surface area contributed by atoms with Gasteiger partial charge in [-0.25, -0.2) is 0 Å². The molecule has 0 saturated heterocycles. The molecule has 0 aliphatic rings. The average Bonchev–Trinajstić information content (AvgIpc) is 2.41. The topological polar surface area (TPSA) is 58.6 Å². The molecule has 1 rings (SSSR count). The molecule has 0 bridgehead atoms. The van der Waals surface area contributed by atoms with E-state index in [9.17, 15) is 4.79 Å². The fraction of sp³-hybridized carbons (Fsp3) is 0.588. The van der Waals surface area contributed by atoms with Crippen LogP contribution in [0.3, 0.4) is 0 Å². The highest BCUT2D eigenvalue weighted by atomic mass is 16.5. The van der Waals surface area contributed by atoms with Crippen molar-refractivity contribution in [1.29, 1.82) is 0 Å². The van der Waals surface area contributed by atoms with Gasteiger partial charge in [0.2, 0.25) is 5.91 Å². The molecule has 0 fully saturated rings. The summed E-state index contributed by atoms with van der Waals surface area (Å²) >= 11 is 0. The van der Waals surface area contributed by atoms with E-state index in [2.05, 4.69) is 5.32 Å². The summed E-state index contributed by atoms with van der Waals surface area (Å²) < 4.78 is 5.73. The first kappa shape index (κ1) is 17.5. The van der Waals surface area contributed by atoms with E-state index in [1.54, 1.807) is 0 Å². The summed E-state index contributed by atoms with van der Waals surface area (Å²) in [5.74, 6) is 1.13. The van der Waals surface area contributed by atoms with Crippen molar-refractivity contribution in [3.8, 4) is 5.75 Å². The smallest absolute Gasteiger partial charge is 0.223 e. The lowest BCUT2D eigenvalue weighted by Crippen LogP contribution is -2.39. The Bertz CT molecular complexity index is 437. The van der Waals surface area contributed by atoms with Gasteiger partial charge in [-0.3, -0.25) is 4.79 Å². The number of hydrogen-bond donors (Lipinski definition) is 2. The van der Waals surface area contributed by atoms with Gasteiger partial charge in [0.05, 0.1) is 13.0 Å². The Morgan fingerprint density at radius 2 is 1.90 bits per heavy atom. The van der Waals surface area contributed by atoms with E-state index in [4.69, 9.17) is 9.84 Å². The van der Waals surface area contributed by atoms with Crippen LogP contribution in [0.15, 0.2) is 18.2 Å². The highest BCUT2D eigenvalue weighted by molar-refractivity contribution is 5.76. The number of benzene rings is 1. The zero-order chi connectivity index (χ0) is 15.8. The lowest BCUT2D eigenvalue weighted by molar-refractivity contribution is -0.122. The van der Waals surface area contributed by atoms with Gasteiger partial charge >= 0.3 is 0 Å². The standard InChI is InChI=1S/C17H27NO3/c1-12(2)15(8-10-19)18-16(20)9-11-21-17-13(3)6-5-7-14(17)4/h5-7,12,15,19H,8-11H2,1-4H3,(H,18,20). The van der Waals surface area contributed by atoms with Crippen molar-refractivity contribution in [3.63, 3.8) is 0 Å². The number of rotatable bonds is 8. The molecule has 0 heterocycles. The van der Waals surface area contributed by atoms with Crippen molar-refractivity contribution in [3.05, 3.63) is 29.3 Å². The highest BCUT2D eigenvalue weighted by Crippen LogP contribution is 2.22. The van der Waals surface area contributed by atoms with E-state index in [-0.39, 0.29) is 18.6 Å². The summed E-state index contributed by atoms with van der Waals surface area (Å²) in [5, 5.41) is 12.0. The van der Waals surface area contributed by atoms with Gasteiger partial charge in [-0.05, 0) is 37.3 Å². The van der Waals surface area contributed by atoms with Crippen LogP contribution in [0.2, 0.25) is 0 Å². The molecular formula is C17H27NO3. The van der Waals surface area contributed by atoms with Gasteiger partial charge in [0, 0.05) is 12.6 Å². The molecule has 0 aliphatic carbocycles. The molecule has 1 amide bonds. The van der Waals surface area contributed by atoms with Gasteiger partial charge in [0.15, 0.2) is 0 Å². The fourth-order valence-corrected chi connectivity index (χ4v) is 2.26. The predicted octanol–water partition coefficient (Wildman–Crippen LogP) is 2.60. The number of para-hydroxylation sites is 1. The zero-order valence-electron chi connectivity index (χ0n) is 13.5. The van der Waals surface area contributed by atoms with Crippen LogP contribution in [0.1, 0.15) is 37.8 Å². The number of hydrogen-bond acceptors (Lipinski definition) is 3. The average molecular weight is 293 g/mol. The maximum Gasteiger partial charge on any atom is 0.223 e. The van der Waals surface area contributed by atoms with E-state index >= 15 is 0 Å². The maximum atomic E-state index is 11.9. The lowest BCUT2D eigenvalue weighted by Gasteiger charge is -2.21. The Hall–Kier alpha value is -1.55. The van der Waals surface area contributed by atoms with Crippen LogP contribution in [-0.2, 0) is 4.79 Å². The third kappa shape index (κ3) is 5.76. The number of aliphatic hydroxyl groups excluding tert-OH is 1. The molecule has 4 heteroatoms. The molecule has 21 heavy (non-hydrogen) atoms. The Kier molecular flexibility index (Phi) is 7.23. The predicted molar refractivity (Wildman–Crippen MR) is 84.5 cm³/mol. The monoisotopic (exact) mass is 293 g/mol. The van der Waals surface area contributed by atoms with Crippen molar-refractivity contribution in [2.24, 2.45) is 5.92 Å². The van der Waals surface area contributed by atoms with Crippen molar-refractivity contribution < 1.29 is 14.6 Å². The van der Waals surface area contributed by atoms with E-state index < -0.39 is 0 Å². The molecule has 0 saturated carbocycles. The normalized spacial score (nSPS) is 12.3. The van der Waals surface area contributed by atoms with Crippen LogP contribution in [0, 0.1) is 19.8 Å². The number of aryl methyl sites for hydroxylation is 2. The second kappa shape index (κ2) is 8.67. The molecule has 0 aliphatic heterocycles. The summed E-state index contributed by atoms with van der Waals surface area (Å²) in [6.45, 7) is 8.52. The third-order valence-corrected chi connectivity index (χ3v) is 3.58. The highest BCUT2D eigenvalue weighted by Gasteiger charge is 2.15. The van der Waals surface area contributed by atoms with E-state index in [1.807, 2.05) is 45.9 Å². The number of ether oxygens (including phenoxy) is 1. The van der Waals surface area contributed by atoms with Crippen LogP contribution in [0.4, 0.5) is 0 Å². The van der Waals surface area contributed by atoms with Crippen LogP contribution < -0.4 is 10.1 Å². The first-order valence-corrected chi connectivity index (χ1v) is 7.55. The van der Waals surface area contributed by atoms with Crippen molar-refractivity contribution in [2.45, 2.75) is 46.6 Å². The summed E-state index contributed by atoms with van der Waals surface area (Å²) in [5.41, 5.74) is 2.16. The number of amides is 1. The van der Waals surface area contributed by atoms with Crippen LogP contribution in [0.5, 0.6) is 5.75 Å². The summed E-state index contributed by atoms with van der Waals surface area (Å²) in [6, 6.07) is 6.01. The Labute approximate surface area is 127 Å². The lowest BCUT2D eigenvalue weighted by atomic mass is 10.0. The minimum absolute atomic E-state index is 0.0164. The van der Waals surface area contributed by atoms with Gasteiger partial charge in [-0.1, -0.05) is 32.0 Å². The second-order valence-corrected chi connectivity index (χ2v) is 5.75. The summed E-state index contributed by atoms with van der Waals surface area (Å²) in [4.78, 5) is 11.9.